The first-order valence-electron chi connectivity index (χ1n) is 12.1. The molecule has 1 unspecified atom stereocenters. The van der Waals surface area contributed by atoms with Gasteiger partial charge in [-0.3, -0.25) is 14.7 Å². The van der Waals surface area contributed by atoms with Crippen molar-refractivity contribution in [2.45, 2.75) is 63.5 Å². The summed E-state index contributed by atoms with van der Waals surface area (Å²) in [6, 6.07) is 4.61. The molecule has 1 atom stereocenters. The molecule has 2 aliphatic heterocycles. The standard InChI is InChI=1S/C25H28ClN7/c1-15-23(26)21(30-29-15)13-32-7-5-25(14-32)6-8-33-22(25)10-20(31-33)17-9-18-19(16-3-2-4-16)12-28-24(18)27-11-17/h9-12,16H,2-8,13-14H2,1H3,(H,27,28)(H,29,30). The summed E-state index contributed by atoms with van der Waals surface area (Å²) >= 11 is 6.42. The van der Waals surface area contributed by atoms with Crippen LogP contribution in [0.15, 0.2) is 24.5 Å². The van der Waals surface area contributed by atoms with Crippen molar-refractivity contribution in [2.75, 3.05) is 13.1 Å². The fourth-order valence-electron chi connectivity index (χ4n) is 6.11. The molecule has 1 spiro atoms. The van der Waals surface area contributed by atoms with E-state index in [1.807, 2.05) is 13.1 Å². The molecule has 33 heavy (non-hydrogen) atoms. The van der Waals surface area contributed by atoms with Gasteiger partial charge in [0.05, 0.1) is 22.1 Å². The summed E-state index contributed by atoms with van der Waals surface area (Å²) in [7, 11) is 0. The Morgan fingerprint density at radius 3 is 2.88 bits per heavy atom. The lowest BCUT2D eigenvalue weighted by Crippen LogP contribution is -2.29. The fraction of sp³-hybridized carbons (Fsp3) is 0.480. The molecular weight excluding hydrogens is 434 g/mol. The van der Waals surface area contributed by atoms with Crippen LogP contribution < -0.4 is 0 Å². The third-order valence-corrected chi connectivity index (χ3v) is 8.78. The van der Waals surface area contributed by atoms with Crippen molar-refractivity contribution in [1.82, 2.24) is 34.8 Å². The van der Waals surface area contributed by atoms with Crippen LogP contribution in [0.25, 0.3) is 22.3 Å². The van der Waals surface area contributed by atoms with Crippen LogP contribution >= 0.6 is 11.6 Å². The van der Waals surface area contributed by atoms with Gasteiger partial charge in [-0.15, -0.1) is 0 Å². The van der Waals surface area contributed by atoms with E-state index in [9.17, 15) is 0 Å². The normalized spacial score (nSPS) is 23.1. The maximum absolute atomic E-state index is 6.42. The van der Waals surface area contributed by atoms with Crippen LogP contribution in [-0.4, -0.2) is 47.9 Å². The number of likely N-dealkylation sites (tertiary alicyclic amines) is 1. The fourth-order valence-corrected chi connectivity index (χ4v) is 6.26. The van der Waals surface area contributed by atoms with Gasteiger partial charge in [-0.05, 0) is 62.8 Å². The molecule has 6 heterocycles. The Morgan fingerprint density at radius 1 is 1.21 bits per heavy atom. The van der Waals surface area contributed by atoms with Crippen molar-refractivity contribution in [2.24, 2.45) is 0 Å². The molecule has 4 aromatic rings. The lowest BCUT2D eigenvalue weighted by molar-refractivity contribution is 0.298. The first kappa shape index (κ1) is 19.8. The van der Waals surface area contributed by atoms with E-state index in [1.54, 1.807) is 0 Å². The number of nitrogens with zero attached hydrogens (tertiary/aromatic N) is 5. The van der Waals surface area contributed by atoms with E-state index in [4.69, 9.17) is 21.7 Å². The largest absolute Gasteiger partial charge is 0.346 e. The van der Waals surface area contributed by atoms with Crippen LogP contribution in [-0.2, 0) is 18.5 Å². The van der Waals surface area contributed by atoms with E-state index >= 15 is 0 Å². The number of aromatic nitrogens is 6. The van der Waals surface area contributed by atoms with Crippen molar-refractivity contribution in [1.29, 1.82) is 0 Å². The molecule has 4 aromatic heterocycles. The van der Waals surface area contributed by atoms with Crippen molar-refractivity contribution in [3.63, 3.8) is 0 Å². The second kappa shape index (κ2) is 7.18. The number of aromatic amines is 2. The highest BCUT2D eigenvalue weighted by Gasteiger charge is 2.45. The SMILES string of the molecule is Cc1[nH]nc(CN2CCC3(CCn4nc(-c5cnc6[nH]cc(C7CCC7)c6c5)cc43)C2)c1Cl. The van der Waals surface area contributed by atoms with Gasteiger partial charge in [-0.2, -0.15) is 10.2 Å². The molecular formula is C25H28ClN7. The van der Waals surface area contributed by atoms with E-state index in [0.29, 0.717) is 5.92 Å². The van der Waals surface area contributed by atoms with Crippen LogP contribution in [0.3, 0.4) is 0 Å². The smallest absolute Gasteiger partial charge is 0.137 e. The maximum Gasteiger partial charge on any atom is 0.137 e. The Bertz CT molecular complexity index is 1360. The van der Waals surface area contributed by atoms with Crippen LogP contribution in [0.5, 0.6) is 0 Å². The molecule has 0 radical (unpaired) electrons. The third-order valence-electron chi connectivity index (χ3n) is 8.28. The van der Waals surface area contributed by atoms with E-state index < -0.39 is 0 Å². The molecule has 1 saturated heterocycles. The van der Waals surface area contributed by atoms with Gasteiger partial charge in [0.1, 0.15) is 5.65 Å². The zero-order valence-electron chi connectivity index (χ0n) is 18.9. The Labute approximate surface area is 197 Å². The molecule has 3 aliphatic rings. The van der Waals surface area contributed by atoms with Crippen molar-refractivity contribution < 1.29 is 0 Å². The minimum absolute atomic E-state index is 0.172. The molecule has 170 valence electrons. The summed E-state index contributed by atoms with van der Waals surface area (Å²) in [6.45, 7) is 5.84. The second-order valence-electron chi connectivity index (χ2n) is 10.2. The number of fused-ring (bicyclic) bond motifs is 3. The highest BCUT2D eigenvalue weighted by atomic mass is 35.5. The van der Waals surface area contributed by atoms with E-state index in [-0.39, 0.29) is 5.41 Å². The number of pyridine rings is 1. The van der Waals surface area contributed by atoms with E-state index in [2.05, 4.69) is 43.1 Å². The van der Waals surface area contributed by atoms with Crippen molar-refractivity contribution in [3.8, 4) is 11.3 Å². The molecule has 1 aliphatic carbocycles. The Kier molecular flexibility index (Phi) is 4.31. The summed E-state index contributed by atoms with van der Waals surface area (Å²) < 4.78 is 2.23. The van der Waals surface area contributed by atoms with Gasteiger partial charge in [-0.1, -0.05) is 18.0 Å². The summed E-state index contributed by atoms with van der Waals surface area (Å²) in [5.74, 6) is 0.683. The van der Waals surface area contributed by atoms with Crippen molar-refractivity contribution in [3.05, 3.63) is 52.2 Å². The molecule has 0 bridgehead atoms. The molecule has 2 N–H and O–H groups in total. The number of halogens is 1. The van der Waals surface area contributed by atoms with Gasteiger partial charge in [0.2, 0.25) is 0 Å². The van der Waals surface area contributed by atoms with Crippen LogP contribution in [0.4, 0.5) is 0 Å². The third kappa shape index (κ3) is 3.02. The number of hydrogen-bond acceptors (Lipinski definition) is 4. The van der Waals surface area contributed by atoms with Gasteiger partial charge in [0, 0.05) is 54.1 Å². The molecule has 8 heteroatoms. The molecule has 7 nitrogen and oxygen atoms in total. The quantitative estimate of drug-likeness (QED) is 0.452. The van der Waals surface area contributed by atoms with E-state index in [1.165, 1.54) is 35.9 Å². The topological polar surface area (TPSA) is 78.4 Å². The molecule has 0 aromatic carbocycles. The molecule has 7 rings (SSSR count). The number of nitrogens with one attached hydrogen (secondary N) is 2. The Hall–Kier alpha value is -2.64. The number of H-pyrrole nitrogens is 2. The van der Waals surface area contributed by atoms with Crippen LogP contribution in [0.1, 0.15) is 60.7 Å². The summed E-state index contributed by atoms with van der Waals surface area (Å²) in [4.78, 5) is 10.6. The molecule has 0 amide bonds. The van der Waals surface area contributed by atoms with Gasteiger partial charge in [-0.25, -0.2) is 4.98 Å². The van der Waals surface area contributed by atoms with Gasteiger partial charge in [0.25, 0.3) is 0 Å². The number of rotatable bonds is 4. The first-order valence-corrected chi connectivity index (χ1v) is 12.4. The predicted molar refractivity (Wildman–Crippen MR) is 128 cm³/mol. The minimum Gasteiger partial charge on any atom is -0.346 e. The average molecular weight is 462 g/mol. The van der Waals surface area contributed by atoms with Gasteiger partial charge < -0.3 is 4.98 Å². The average Bonchev–Trinajstić information content (AvgIpc) is 3.58. The minimum atomic E-state index is 0.172. The van der Waals surface area contributed by atoms with Gasteiger partial charge >= 0.3 is 0 Å². The Morgan fingerprint density at radius 2 is 2.09 bits per heavy atom. The summed E-state index contributed by atoms with van der Waals surface area (Å²) in [5, 5.41) is 14.5. The zero-order chi connectivity index (χ0) is 22.2. The van der Waals surface area contributed by atoms with Crippen LogP contribution in [0.2, 0.25) is 5.02 Å². The first-order chi connectivity index (χ1) is 16.1. The monoisotopic (exact) mass is 461 g/mol. The van der Waals surface area contributed by atoms with E-state index in [0.717, 1.165) is 72.3 Å². The predicted octanol–water partition coefficient (Wildman–Crippen LogP) is 4.93. The number of aryl methyl sites for hydroxylation is 2. The van der Waals surface area contributed by atoms with Crippen molar-refractivity contribution >= 4 is 22.6 Å². The lowest BCUT2D eigenvalue weighted by atomic mass is 9.80. The second-order valence-corrected chi connectivity index (χ2v) is 10.6. The van der Waals surface area contributed by atoms with Gasteiger partial charge in [0.15, 0.2) is 0 Å². The maximum atomic E-state index is 6.42. The zero-order valence-corrected chi connectivity index (χ0v) is 19.6. The molecule has 1 saturated carbocycles. The summed E-state index contributed by atoms with van der Waals surface area (Å²) in [6.07, 6.45) is 10.4. The summed E-state index contributed by atoms with van der Waals surface area (Å²) in [5.41, 5.74) is 8.01. The number of hydrogen-bond donors (Lipinski definition) is 2. The van der Waals surface area contributed by atoms with Crippen LogP contribution in [0, 0.1) is 6.92 Å². The highest BCUT2D eigenvalue weighted by molar-refractivity contribution is 6.31. The highest BCUT2D eigenvalue weighted by Crippen LogP contribution is 2.45. The molecule has 2 fully saturated rings. The lowest BCUT2D eigenvalue weighted by Gasteiger charge is -2.24. The Balaban J connectivity index is 1.17.